The smallest absolute Gasteiger partial charge is 0.0464 e. The van der Waals surface area contributed by atoms with E-state index in [-0.39, 0.29) is 0 Å². The Morgan fingerprint density at radius 1 is 1.25 bits per heavy atom. The number of hydrogen-bond donors (Lipinski definition) is 1. The fourth-order valence-corrected chi connectivity index (χ4v) is 1.49. The summed E-state index contributed by atoms with van der Waals surface area (Å²) in [4.78, 5) is 4.02. The lowest BCUT2D eigenvalue weighted by atomic mass is 10.2. The fourth-order valence-electron chi connectivity index (χ4n) is 1.13. The van der Waals surface area contributed by atoms with Crippen molar-refractivity contribution in [2.24, 2.45) is 0 Å². The van der Waals surface area contributed by atoms with Crippen molar-refractivity contribution in [1.29, 1.82) is 0 Å². The Labute approximate surface area is 78.5 Å². The van der Waals surface area contributed by atoms with Gasteiger partial charge in [0.1, 0.15) is 0 Å². The van der Waals surface area contributed by atoms with Gasteiger partial charge in [0, 0.05) is 27.9 Å². The van der Waals surface area contributed by atoms with Gasteiger partial charge in [-0.1, -0.05) is 0 Å². The number of pyridine rings is 1. The zero-order valence-corrected chi connectivity index (χ0v) is 7.88. The van der Waals surface area contributed by atoms with E-state index in [9.17, 15) is 0 Å². The molecule has 0 aliphatic heterocycles. The van der Waals surface area contributed by atoms with E-state index in [1.165, 1.54) is 0 Å². The molecular weight excluding hydrogens is 216 g/mol. The first-order chi connectivity index (χ1) is 5.77. The Hall–Kier alpha value is -1.09. The number of halogens is 1. The van der Waals surface area contributed by atoms with E-state index in [1.54, 1.807) is 6.20 Å². The van der Waals surface area contributed by atoms with Crippen LogP contribution in [0, 0.1) is 0 Å². The summed E-state index contributed by atoms with van der Waals surface area (Å²) in [5.41, 5.74) is 6.48. The number of nitrogens with zero attached hydrogens (tertiary/aromatic N) is 1. The number of benzene rings is 1. The van der Waals surface area contributed by atoms with Gasteiger partial charge in [-0.15, -0.1) is 0 Å². The maximum atomic E-state index is 5.72. The summed E-state index contributed by atoms with van der Waals surface area (Å²) in [6.07, 6.45) is 3.58. The zero-order chi connectivity index (χ0) is 8.55. The molecule has 0 amide bonds. The highest BCUT2D eigenvalue weighted by molar-refractivity contribution is 9.10. The molecule has 1 aromatic carbocycles. The normalized spacial score (nSPS) is 10.4. The number of aromatic nitrogens is 1. The first-order valence-electron chi connectivity index (χ1n) is 3.56. The molecule has 2 rings (SSSR count). The number of fused-ring (bicyclic) bond motifs is 1. The van der Waals surface area contributed by atoms with Crippen molar-refractivity contribution in [1.82, 2.24) is 4.98 Å². The van der Waals surface area contributed by atoms with E-state index in [0.29, 0.717) is 0 Å². The van der Waals surface area contributed by atoms with Gasteiger partial charge in [0.05, 0.1) is 0 Å². The quantitative estimate of drug-likeness (QED) is 0.697. The molecule has 2 aromatic rings. The molecule has 0 bridgehead atoms. The maximum absolute atomic E-state index is 5.72. The molecular formula is C9H7BrN2. The van der Waals surface area contributed by atoms with Crippen molar-refractivity contribution in [2.45, 2.75) is 0 Å². The molecule has 2 nitrogen and oxygen atoms in total. The molecule has 12 heavy (non-hydrogen) atoms. The summed E-state index contributed by atoms with van der Waals surface area (Å²) in [6.45, 7) is 0. The molecule has 0 aliphatic rings. The highest BCUT2D eigenvalue weighted by Crippen LogP contribution is 2.25. The van der Waals surface area contributed by atoms with E-state index < -0.39 is 0 Å². The van der Waals surface area contributed by atoms with Crippen molar-refractivity contribution < 1.29 is 0 Å². The van der Waals surface area contributed by atoms with Crippen molar-refractivity contribution in [3.05, 3.63) is 35.1 Å². The molecule has 1 aromatic heterocycles. The van der Waals surface area contributed by atoms with Crippen molar-refractivity contribution in [3.63, 3.8) is 0 Å². The Morgan fingerprint density at radius 3 is 2.92 bits per heavy atom. The number of nitrogens with two attached hydrogens (primary N) is 1. The van der Waals surface area contributed by atoms with Crippen LogP contribution in [0.15, 0.2) is 35.1 Å². The predicted molar refractivity (Wildman–Crippen MR) is 53.9 cm³/mol. The van der Waals surface area contributed by atoms with E-state index in [2.05, 4.69) is 20.9 Å². The Morgan fingerprint density at radius 2 is 2.08 bits per heavy atom. The summed E-state index contributed by atoms with van der Waals surface area (Å²) in [5.74, 6) is 0. The second-order valence-corrected chi connectivity index (χ2v) is 3.45. The van der Waals surface area contributed by atoms with Crippen LogP contribution in [-0.2, 0) is 0 Å². The van der Waals surface area contributed by atoms with Gasteiger partial charge in [-0.3, -0.25) is 4.98 Å². The average molecular weight is 223 g/mol. The van der Waals surface area contributed by atoms with Crippen LogP contribution in [0.25, 0.3) is 10.8 Å². The molecule has 0 saturated heterocycles. The lowest BCUT2D eigenvalue weighted by molar-refractivity contribution is 1.36. The summed E-state index contributed by atoms with van der Waals surface area (Å²) in [6, 6.07) is 5.84. The van der Waals surface area contributed by atoms with Gasteiger partial charge < -0.3 is 5.73 Å². The standard InChI is InChI=1S/C9H7BrN2/c10-8-3-7-5-12-2-1-6(7)4-9(8)11/h1-5H,11H2. The molecule has 0 spiro atoms. The van der Waals surface area contributed by atoms with Crippen molar-refractivity contribution >= 4 is 32.4 Å². The second-order valence-electron chi connectivity index (χ2n) is 2.60. The van der Waals surface area contributed by atoms with Gasteiger partial charge in [0.25, 0.3) is 0 Å². The minimum atomic E-state index is 0.758. The molecule has 0 aliphatic carbocycles. The predicted octanol–water partition coefficient (Wildman–Crippen LogP) is 2.58. The lowest BCUT2D eigenvalue weighted by Gasteiger charge is -2.00. The molecule has 2 N–H and O–H groups in total. The third-order valence-electron chi connectivity index (χ3n) is 1.76. The molecule has 0 unspecified atom stereocenters. The van der Waals surface area contributed by atoms with E-state index >= 15 is 0 Å². The van der Waals surface area contributed by atoms with E-state index in [0.717, 1.165) is 20.9 Å². The van der Waals surface area contributed by atoms with Crippen LogP contribution in [0.2, 0.25) is 0 Å². The third kappa shape index (κ3) is 1.16. The van der Waals surface area contributed by atoms with Gasteiger partial charge in [-0.2, -0.15) is 0 Å². The van der Waals surface area contributed by atoms with Crippen LogP contribution < -0.4 is 5.73 Å². The van der Waals surface area contributed by atoms with Gasteiger partial charge in [0.15, 0.2) is 0 Å². The molecule has 0 atom stereocenters. The summed E-state index contributed by atoms with van der Waals surface area (Å²) >= 11 is 3.36. The summed E-state index contributed by atoms with van der Waals surface area (Å²) in [5, 5.41) is 2.21. The fraction of sp³-hybridized carbons (Fsp3) is 0. The highest BCUT2D eigenvalue weighted by atomic mass is 79.9. The largest absolute Gasteiger partial charge is 0.398 e. The Kier molecular flexibility index (Phi) is 1.73. The van der Waals surface area contributed by atoms with Gasteiger partial charge >= 0.3 is 0 Å². The first kappa shape index (κ1) is 7.55. The molecule has 1 heterocycles. The molecule has 0 saturated carbocycles. The molecule has 60 valence electrons. The van der Waals surface area contributed by atoms with Crippen LogP contribution in [0.3, 0.4) is 0 Å². The minimum Gasteiger partial charge on any atom is -0.398 e. The Bertz CT molecular complexity index is 385. The molecule has 0 radical (unpaired) electrons. The van der Waals surface area contributed by atoms with Crippen LogP contribution in [-0.4, -0.2) is 4.98 Å². The number of nitrogen functional groups attached to an aromatic ring is 1. The van der Waals surface area contributed by atoms with Crippen LogP contribution in [0.1, 0.15) is 0 Å². The SMILES string of the molecule is Nc1cc2ccncc2cc1Br. The summed E-state index contributed by atoms with van der Waals surface area (Å²) < 4.78 is 0.919. The Balaban J connectivity index is 2.84. The van der Waals surface area contributed by atoms with Crippen LogP contribution in [0.5, 0.6) is 0 Å². The lowest BCUT2D eigenvalue weighted by Crippen LogP contribution is -1.86. The van der Waals surface area contributed by atoms with E-state index in [4.69, 9.17) is 5.73 Å². The maximum Gasteiger partial charge on any atom is 0.0464 e. The van der Waals surface area contributed by atoms with Gasteiger partial charge in [-0.05, 0) is 39.5 Å². The topological polar surface area (TPSA) is 38.9 Å². The average Bonchev–Trinajstić information content (AvgIpc) is 2.07. The number of rotatable bonds is 0. The monoisotopic (exact) mass is 222 g/mol. The van der Waals surface area contributed by atoms with Crippen molar-refractivity contribution in [3.8, 4) is 0 Å². The number of hydrogen-bond acceptors (Lipinski definition) is 2. The first-order valence-corrected chi connectivity index (χ1v) is 4.35. The third-order valence-corrected chi connectivity index (χ3v) is 2.44. The molecule has 3 heteroatoms. The second kappa shape index (κ2) is 2.75. The van der Waals surface area contributed by atoms with Crippen molar-refractivity contribution in [2.75, 3.05) is 5.73 Å². The minimum absolute atomic E-state index is 0.758. The summed E-state index contributed by atoms with van der Waals surface area (Å²) in [7, 11) is 0. The highest BCUT2D eigenvalue weighted by Gasteiger charge is 1.97. The van der Waals surface area contributed by atoms with Crippen LogP contribution in [0.4, 0.5) is 5.69 Å². The molecule has 0 fully saturated rings. The van der Waals surface area contributed by atoms with Crippen LogP contribution >= 0.6 is 15.9 Å². The number of anilines is 1. The zero-order valence-electron chi connectivity index (χ0n) is 6.29. The van der Waals surface area contributed by atoms with Gasteiger partial charge in [0.2, 0.25) is 0 Å². The van der Waals surface area contributed by atoms with E-state index in [1.807, 2.05) is 24.4 Å². The van der Waals surface area contributed by atoms with Gasteiger partial charge in [-0.25, -0.2) is 0 Å².